The van der Waals surface area contributed by atoms with Crippen LogP contribution in [0.3, 0.4) is 0 Å². The molecule has 0 radical (unpaired) electrons. The molecule has 0 saturated heterocycles. The third-order valence-corrected chi connectivity index (χ3v) is 5.35. The van der Waals surface area contributed by atoms with Crippen LogP contribution in [0.2, 0.25) is 0 Å². The monoisotopic (exact) mass is 422 g/mol. The largest absolute Gasteiger partial charge is 0.356 e. The van der Waals surface area contributed by atoms with E-state index in [-0.39, 0.29) is 18.2 Å². The molecule has 0 saturated carbocycles. The number of anilines is 1. The van der Waals surface area contributed by atoms with Crippen molar-refractivity contribution in [1.29, 1.82) is 0 Å². The van der Waals surface area contributed by atoms with Gasteiger partial charge in [0.2, 0.25) is 5.91 Å². The van der Waals surface area contributed by atoms with Crippen molar-refractivity contribution in [3.8, 4) is 0 Å². The van der Waals surface area contributed by atoms with Gasteiger partial charge < -0.3 is 20.1 Å². The lowest BCUT2D eigenvalue weighted by molar-refractivity contribution is -0.115. The molecule has 0 unspecified atom stereocenters. The van der Waals surface area contributed by atoms with Gasteiger partial charge in [-0.2, -0.15) is 0 Å². The van der Waals surface area contributed by atoms with Crippen molar-refractivity contribution < 1.29 is 14.1 Å². The quantitative estimate of drug-likeness (QED) is 0.549. The standard InChI is InChI=1S/C24H30N4O3/c1-5-28(6-2)12-11-25-24(30)18-7-9-19(10-8-18)26-22(29)15-20-23-17(4)13-16(3)14-21(23)31-27-20/h7-10,13-14H,5-6,11-12,15H2,1-4H3,(H,25,30)(H,26,29). The molecule has 7 heteroatoms. The summed E-state index contributed by atoms with van der Waals surface area (Å²) < 4.78 is 5.39. The number of nitrogens with zero attached hydrogens (tertiary/aromatic N) is 2. The van der Waals surface area contributed by atoms with Crippen LogP contribution in [0.5, 0.6) is 0 Å². The topological polar surface area (TPSA) is 87.5 Å². The van der Waals surface area contributed by atoms with Gasteiger partial charge in [0.15, 0.2) is 5.58 Å². The maximum absolute atomic E-state index is 12.5. The van der Waals surface area contributed by atoms with Crippen molar-refractivity contribution in [2.24, 2.45) is 0 Å². The van der Waals surface area contributed by atoms with Gasteiger partial charge >= 0.3 is 0 Å². The summed E-state index contributed by atoms with van der Waals surface area (Å²) >= 11 is 0. The average Bonchev–Trinajstić information content (AvgIpc) is 3.14. The minimum absolute atomic E-state index is 0.116. The van der Waals surface area contributed by atoms with E-state index in [0.29, 0.717) is 29.1 Å². The van der Waals surface area contributed by atoms with Crippen LogP contribution in [0.1, 0.15) is 41.0 Å². The Labute approximate surface area is 182 Å². The van der Waals surface area contributed by atoms with Crippen LogP contribution in [0, 0.1) is 13.8 Å². The summed E-state index contributed by atoms with van der Waals surface area (Å²) in [4.78, 5) is 27.0. The van der Waals surface area contributed by atoms with E-state index in [0.717, 1.165) is 36.1 Å². The Balaban J connectivity index is 1.56. The summed E-state index contributed by atoms with van der Waals surface area (Å²) in [5.41, 5.74) is 4.63. The highest BCUT2D eigenvalue weighted by atomic mass is 16.5. The van der Waals surface area contributed by atoms with Gasteiger partial charge in [-0.1, -0.05) is 25.1 Å². The van der Waals surface area contributed by atoms with Gasteiger partial charge in [-0.25, -0.2) is 0 Å². The van der Waals surface area contributed by atoms with Crippen molar-refractivity contribution in [2.45, 2.75) is 34.1 Å². The lowest BCUT2D eigenvalue weighted by Gasteiger charge is -2.17. The average molecular weight is 423 g/mol. The number of aromatic nitrogens is 1. The molecule has 2 aromatic carbocycles. The number of rotatable bonds is 9. The van der Waals surface area contributed by atoms with Crippen molar-refractivity contribution in [1.82, 2.24) is 15.4 Å². The summed E-state index contributed by atoms with van der Waals surface area (Å²) in [6.07, 6.45) is 0.116. The Morgan fingerprint density at radius 1 is 1.06 bits per heavy atom. The molecule has 7 nitrogen and oxygen atoms in total. The third kappa shape index (κ3) is 5.70. The predicted molar refractivity (Wildman–Crippen MR) is 122 cm³/mol. The van der Waals surface area contributed by atoms with Gasteiger partial charge in [-0.3, -0.25) is 9.59 Å². The second kappa shape index (κ2) is 10.2. The fourth-order valence-corrected chi connectivity index (χ4v) is 3.67. The summed E-state index contributed by atoms with van der Waals surface area (Å²) in [7, 11) is 0. The Kier molecular flexibility index (Phi) is 7.41. The number of carbonyl (C=O) groups is 2. The maximum Gasteiger partial charge on any atom is 0.251 e. The van der Waals surface area contributed by atoms with Gasteiger partial charge in [0.25, 0.3) is 5.91 Å². The van der Waals surface area contributed by atoms with Crippen molar-refractivity contribution in [3.05, 3.63) is 58.8 Å². The van der Waals surface area contributed by atoms with Crippen LogP contribution in [0.15, 0.2) is 40.9 Å². The Bertz CT molecular complexity index is 1050. The normalized spacial score (nSPS) is 11.1. The van der Waals surface area contributed by atoms with E-state index in [1.54, 1.807) is 24.3 Å². The zero-order chi connectivity index (χ0) is 22.4. The molecule has 1 heterocycles. The van der Waals surface area contributed by atoms with E-state index in [4.69, 9.17) is 4.52 Å². The molecular weight excluding hydrogens is 392 g/mol. The number of carbonyl (C=O) groups excluding carboxylic acids is 2. The number of hydrogen-bond acceptors (Lipinski definition) is 5. The van der Waals surface area contributed by atoms with E-state index in [2.05, 4.69) is 34.5 Å². The summed E-state index contributed by atoms with van der Waals surface area (Å²) in [5, 5.41) is 10.7. The third-order valence-electron chi connectivity index (χ3n) is 5.35. The Morgan fingerprint density at radius 2 is 1.77 bits per heavy atom. The molecule has 0 aliphatic heterocycles. The highest BCUT2D eigenvalue weighted by Crippen LogP contribution is 2.24. The van der Waals surface area contributed by atoms with Crippen LogP contribution in [0.25, 0.3) is 11.0 Å². The van der Waals surface area contributed by atoms with E-state index in [1.165, 1.54) is 0 Å². The van der Waals surface area contributed by atoms with Gasteiger partial charge in [-0.05, 0) is 68.4 Å². The van der Waals surface area contributed by atoms with Crippen LogP contribution in [-0.4, -0.2) is 48.0 Å². The van der Waals surface area contributed by atoms with Gasteiger partial charge in [0, 0.05) is 29.7 Å². The highest BCUT2D eigenvalue weighted by molar-refractivity contribution is 5.97. The SMILES string of the molecule is CCN(CC)CCNC(=O)c1ccc(NC(=O)Cc2noc3cc(C)cc(C)c23)cc1. The van der Waals surface area contributed by atoms with E-state index in [9.17, 15) is 9.59 Å². The molecule has 0 aliphatic carbocycles. The summed E-state index contributed by atoms with van der Waals surface area (Å²) in [6, 6.07) is 10.8. The lowest BCUT2D eigenvalue weighted by atomic mass is 10.0. The zero-order valence-corrected chi connectivity index (χ0v) is 18.6. The van der Waals surface area contributed by atoms with Crippen molar-refractivity contribution in [3.63, 3.8) is 0 Å². The van der Waals surface area contributed by atoms with Gasteiger partial charge in [0.05, 0.1) is 6.42 Å². The second-order valence-corrected chi connectivity index (χ2v) is 7.67. The molecular formula is C24H30N4O3. The number of aryl methyl sites for hydroxylation is 2. The summed E-state index contributed by atoms with van der Waals surface area (Å²) in [6.45, 7) is 11.5. The zero-order valence-electron chi connectivity index (χ0n) is 18.6. The predicted octanol–water partition coefficient (Wildman–Crippen LogP) is 3.70. The molecule has 2 amide bonds. The molecule has 3 aromatic rings. The van der Waals surface area contributed by atoms with Crippen LogP contribution >= 0.6 is 0 Å². The number of fused-ring (bicyclic) bond motifs is 1. The molecule has 0 aliphatic rings. The van der Waals surface area contributed by atoms with Crippen LogP contribution in [-0.2, 0) is 11.2 Å². The lowest BCUT2D eigenvalue weighted by Crippen LogP contribution is -2.34. The Morgan fingerprint density at radius 3 is 2.45 bits per heavy atom. The number of amides is 2. The first-order chi connectivity index (χ1) is 14.9. The van der Waals surface area contributed by atoms with Crippen LogP contribution in [0.4, 0.5) is 5.69 Å². The molecule has 0 atom stereocenters. The second-order valence-electron chi connectivity index (χ2n) is 7.67. The molecule has 0 bridgehead atoms. The van der Waals surface area contributed by atoms with Crippen LogP contribution < -0.4 is 10.6 Å². The number of benzene rings is 2. The van der Waals surface area contributed by atoms with Crippen molar-refractivity contribution >= 4 is 28.5 Å². The van der Waals surface area contributed by atoms with E-state index < -0.39 is 0 Å². The van der Waals surface area contributed by atoms with Gasteiger partial charge in [0.1, 0.15) is 5.69 Å². The molecule has 3 rings (SSSR count). The molecule has 0 spiro atoms. The maximum atomic E-state index is 12.5. The molecule has 31 heavy (non-hydrogen) atoms. The minimum atomic E-state index is -0.188. The van der Waals surface area contributed by atoms with E-state index in [1.807, 2.05) is 26.0 Å². The first kappa shape index (κ1) is 22.5. The smallest absolute Gasteiger partial charge is 0.251 e. The van der Waals surface area contributed by atoms with E-state index >= 15 is 0 Å². The first-order valence-electron chi connectivity index (χ1n) is 10.7. The number of hydrogen-bond donors (Lipinski definition) is 2. The summed E-state index contributed by atoms with van der Waals surface area (Å²) in [5.74, 6) is -0.309. The number of nitrogens with one attached hydrogen (secondary N) is 2. The molecule has 0 fully saturated rings. The fraction of sp³-hybridized carbons (Fsp3) is 0.375. The highest BCUT2D eigenvalue weighted by Gasteiger charge is 2.15. The Hall–Kier alpha value is -3.19. The van der Waals surface area contributed by atoms with Gasteiger partial charge in [-0.15, -0.1) is 0 Å². The minimum Gasteiger partial charge on any atom is -0.356 e. The number of likely N-dealkylation sites (N-methyl/N-ethyl adjacent to an activating group) is 1. The molecule has 1 aromatic heterocycles. The van der Waals surface area contributed by atoms with Crippen molar-refractivity contribution in [2.75, 3.05) is 31.5 Å². The molecule has 2 N–H and O–H groups in total. The fourth-order valence-electron chi connectivity index (χ4n) is 3.67. The molecule has 164 valence electrons. The first-order valence-corrected chi connectivity index (χ1v) is 10.7.